The summed E-state index contributed by atoms with van der Waals surface area (Å²) >= 11 is 0. The quantitative estimate of drug-likeness (QED) is 0.0650. The average Bonchev–Trinajstić information content (AvgIpc) is 3.35. The number of alkyl carbamates (subject to hydrolysis) is 1. The van der Waals surface area contributed by atoms with Gasteiger partial charge in [-0.3, -0.25) is 14.3 Å². The maximum absolute atomic E-state index is 13.8. The standard InChI is InChI=1S/C30H43F5N6O4.C2H6/c1-9-18(2)12-21(11-10-19(3)42)23-14-24(30(33,34)35)40-41(23)17-29(7,8)39-25(43)22(38-27(44)45-28(4,5)6)13-20(15-36)16-37-26(31)32;1-2/h10-12,14-16,18,22,26H,9,13,17,36H2,1-8H3,(H,38,44)(H,39,43);1-2H3/b11-10-,20-15-,21-12+,37-16+;/t18?,22-;/m1./s1. The van der Waals surface area contributed by atoms with Gasteiger partial charge in [-0.15, -0.1) is 0 Å². The molecule has 4 N–H and O–H groups in total. The van der Waals surface area contributed by atoms with Gasteiger partial charge in [0.1, 0.15) is 11.6 Å². The molecule has 47 heavy (non-hydrogen) atoms. The molecule has 0 spiro atoms. The molecule has 0 aliphatic carbocycles. The molecule has 0 aromatic carbocycles. The lowest BCUT2D eigenvalue weighted by Crippen LogP contribution is -2.55. The fraction of sp³-hybridized carbons (Fsp3) is 0.594. The van der Waals surface area contributed by atoms with Gasteiger partial charge in [-0.2, -0.15) is 27.1 Å². The summed E-state index contributed by atoms with van der Waals surface area (Å²) in [6.45, 7) is 13.6. The Morgan fingerprint density at radius 2 is 1.70 bits per heavy atom. The lowest BCUT2D eigenvalue weighted by atomic mass is 10.00. The fourth-order valence-corrected chi connectivity index (χ4v) is 3.81. The van der Waals surface area contributed by atoms with Gasteiger partial charge in [-0.25, -0.2) is 9.79 Å². The van der Waals surface area contributed by atoms with Crippen molar-refractivity contribution in [3.05, 3.63) is 47.5 Å². The van der Waals surface area contributed by atoms with E-state index in [2.05, 4.69) is 20.7 Å². The van der Waals surface area contributed by atoms with E-state index in [9.17, 15) is 36.3 Å². The van der Waals surface area contributed by atoms with Crippen LogP contribution in [0.1, 0.15) is 93.5 Å². The molecule has 0 aliphatic heterocycles. The van der Waals surface area contributed by atoms with Gasteiger partial charge in [0.25, 0.3) is 0 Å². The summed E-state index contributed by atoms with van der Waals surface area (Å²) in [7, 11) is 0. The number of carbonyl (C=O) groups excluding carboxylic acids is 3. The number of hydrogen-bond acceptors (Lipinski definition) is 7. The van der Waals surface area contributed by atoms with Crippen LogP contribution in [0.2, 0.25) is 0 Å². The first-order chi connectivity index (χ1) is 21.6. The van der Waals surface area contributed by atoms with Crippen LogP contribution in [0, 0.1) is 5.92 Å². The van der Waals surface area contributed by atoms with Gasteiger partial charge in [-0.05, 0) is 83.0 Å². The minimum atomic E-state index is -4.79. The molecule has 0 radical (unpaired) electrons. The third-order valence-electron chi connectivity index (χ3n) is 5.99. The highest BCUT2D eigenvalue weighted by atomic mass is 19.4. The van der Waals surface area contributed by atoms with E-state index in [1.54, 1.807) is 26.8 Å². The lowest BCUT2D eigenvalue weighted by molar-refractivity contribution is -0.141. The van der Waals surface area contributed by atoms with Gasteiger partial charge in [0, 0.05) is 12.6 Å². The summed E-state index contributed by atoms with van der Waals surface area (Å²) in [6, 6.07) is -0.537. The first-order valence-electron chi connectivity index (χ1n) is 15.2. The van der Waals surface area contributed by atoms with E-state index in [0.717, 1.165) is 23.2 Å². The minimum Gasteiger partial charge on any atom is -0.444 e. The predicted molar refractivity (Wildman–Crippen MR) is 173 cm³/mol. The Morgan fingerprint density at radius 3 is 2.17 bits per heavy atom. The Kier molecular flexibility index (Phi) is 17.3. The van der Waals surface area contributed by atoms with Crippen molar-refractivity contribution < 1.29 is 41.1 Å². The van der Waals surface area contributed by atoms with Crippen LogP contribution in [0.5, 0.6) is 0 Å². The van der Waals surface area contributed by atoms with Crippen LogP contribution in [-0.2, 0) is 27.0 Å². The normalized spacial score (nSPS) is 14.6. The van der Waals surface area contributed by atoms with Crippen LogP contribution in [0.15, 0.2) is 41.1 Å². The van der Waals surface area contributed by atoms with Crippen LogP contribution in [0.4, 0.5) is 26.7 Å². The van der Waals surface area contributed by atoms with Crippen molar-refractivity contribution in [1.29, 1.82) is 0 Å². The maximum Gasteiger partial charge on any atom is 0.435 e. The highest BCUT2D eigenvalue weighted by Crippen LogP contribution is 2.32. The van der Waals surface area contributed by atoms with Crippen molar-refractivity contribution in [2.24, 2.45) is 16.6 Å². The van der Waals surface area contributed by atoms with Gasteiger partial charge in [0.05, 0.1) is 17.8 Å². The van der Waals surface area contributed by atoms with Gasteiger partial charge in [0.15, 0.2) is 11.5 Å². The van der Waals surface area contributed by atoms with E-state index in [-0.39, 0.29) is 35.9 Å². The number of amides is 2. The third-order valence-corrected chi connectivity index (χ3v) is 5.99. The van der Waals surface area contributed by atoms with Crippen molar-refractivity contribution in [3.8, 4) is 0 Å². The second-order valence-corrected chi connectivity index (χ2v) is 12.1. The SMILES string of the molecule is CC.CCC(C)/C=C(\C=C/C(C)=O)c1cc(C(F)(F)F)nn1CC(C)(C)NC(=O)[C@@H](CC(=C/N)/C=N/C(F)F)NC(=O)OC(C)(C)C. The number of carbonyl (C=O) groups is 3. The summed E-state index contributed by atoms with van der Waals surface area (Å²) in [4.78, 5) is 40.6. The zero-order valence-corrected chi connectivity index (χ0v) is 28.8. The number of ketones is 1. The van der Waals surface area contributed by atoms with Crippen molar-refractivity contribution in [3.63, 3.8) is 0 Å². The monoisotopic (exact) mass is 676 g/mol. The predicted octanol–water partition coefficient (Wildman–Crippen LogP) is 6.82. The summed E-state index contributed by atoms with van der Waals surface area (Å²) in [5.41, 5.74) is 2.51. The Labute approximate surface area is 273 Å². The zero-order valence-electron chi connectivity index (χ0n) is 28.8. The lowest BCUT2D eigenvalue weighted by Gasteiger charge is -2.30. The molecule has 1 aromatic heterocycles. The second-order valence-electron chi connectivity index (χ2n) is 12.1. The fourth-order valence-electron chi connectivity index (χ4n) is 3.81. The van der Waals surface area contributed by atoms with Crippen molar-refractivity contribution >= 4 is 29.6 Å². The van der Waals surface area contributed by atoms with E-state index in [4.69, 9.17) is 10.5 Å². The number of nitrogens with two attached hydrogens (primary N) is 1. The molecule has 0 bridgehead atoms. The Balaban J connectivity index is 0.0000104. The van der Waals surface area contributed by atoms with E-state index < -0.39 is 47.6 Å². The number of hydrogen-bond donors (Lipinski definition) is 3. The number of aromatic nitrogens is 2. The van der Waals surface area contributed by atoms with Gasteiger partial charge in [0.2, 0.25) is 5.91 Å². The van der Waals surface area contributed by atoms with E-state index >= 15 is 0 Å². The maximum atomic E-state index is 13.8. The molecule has 2 atom stereocenters. The highest BCUT2D eigenvalue weighted by molar-refractivity contribution is 5.91. The van der Waals surface area contributed by atoms with Gasteiger partial charge >= 0.3 is 18.8 Å². The van der Waals surface area contributed by atoms with E-state index in [0.29, 0.717) is 12.0 Å². The summed E-state index contributed by atoms with van der Waals surface area (Å²) in [5, 5.41) is 8.83. The minimum absolute atomic E-state index is 0.00872. The zero-order chi connectivity index (χ0) is 36.8. The number of aliphatic imine (C=N–C) groups is 1. The average molecular weight is 677 g/mol. The van der Waals surface area contributed by atoms with Gasteiger partial charge < -0.3 is 21.1 Å². The molecular weight excluding hydrogens is 627 g/mol. The first-order valence-corrected chi connectivity index (χ1v) is 15.2. The Bertz CT molecular complexity index is 1310. The number of alkyl halides is 5. The van der Waals surface area contributed by atoms with Crippen LogP contribution in [0.3, 0.4) is 0 Å². The smallest absolute Gasteiger partial charge is 0.435 e. The Morgan fingerprint density at radius 1 is 1.11 bits per heavy atom. The number of ether oxygens (including phenoxy) is 1. The van der Waals surface area contributed by atoms with Crippen molar-refractivity contribution in [2.45, 2.75) is 119 Å². The molecule has 0 saturated carbocycles. The summed E-state index contributed by atoms with van der Waals surface area (Å²) < 4.78 is 73.0. The number of rotatable bonds is 14. The molecule has 0 aliphatic rings. The number of nitrogens with zero attached hydrogens (tertiary/aromatic N) is 3. The molecule has 15 heteroatoms. The summed E-state index contributed by atoms with van der Waals surface area (Å²) in [5.74, 6) is -1.18. The van der Waals surface area contributed by atoms with Crippen LogP contribution < -0.4 is 16.4 Å². The molecule has 10 nitrogen and oxygen atoms in total. The molecule has 1 heterocycles. The van der Waals surface area contributed by atoms with E-state index in [1.165, 1.54) is 32.9 Å². The van der Waals surface area contributed by atoms with Gasteiger partial charge in [-0.1, -0.05) is 40.2 Å². The molecule has 1 unspecified atom stereocenters. The summed E-state index contributed by atoms with van der Waals surface area (Å²) in [6.07, 6.45) is 0.624. The first kappa shape index (κ1) is 43.0. The van der Waals surface area contributed by atoms with E-state index in [1.807, 2.05) is 27.7 Å². The largest absolute Gasteiger partial charge is 0.444 e. The number of nitrogens with one attached hydrogen (secondary N) is 2. The molecular formula is C32H49F5N6O4. The number of halogens is 5. The molecule has 2 amide bonds. The Hall–Kier alpha value is -4.04. The highest BCUT2D eigenvalue weighted by Gasteiger charge is 2.37. The van der Waals surface area contributed by atoms with Crippen LogP contribution in [-0.4, -0.2) is 57.5 Å². The van der Waals surface area contributed by atoms with Crippen molar-refractivity contribution in [1.82, 2.24) is 20.4 Å². The molecule has 1 rings (SSSR count). The van der Waals surface area contributed by atoms with Crippen LogP contribution in [0.25, 0.3) is 5.57 Å². The number of allylic oxidation sites excluding steroid dienone is 4. The topological polar surface area (TPSA) is 141 Å². The third kappa shape index (κ3) is 16.9. The molecule has 266 valence electrons. The van der Waals surface area contributed by atoms with Crippen LogP contribution >= 0.6 is 0 Å². The molecule has 0 saturated heterocycles. The second kappa shape index (κ2) is 18.9. The van der Waals surface area contributed by atoms with Crippen molar-refractivity contribution in [2.75, 3.05) is 0 Å². The molecule has 1 aromatic rings. The molecule has 0 fully saturated rings.